The van der Waals surface area contributed by atoms with Gasteiger partial charge in [-0.3, -0.25) is 4.79 Å². The number of halogens is 2. The van der Waals surface area contributed by atoms with Crippen LogP contribution in [0, 0.1) is 0 Å². The Labute approximate surface area is 193 Å². The fourth-order valence-electron chi connectivity index (χ4n) is 3.38. The summed E-state index contributed by atoms with van der Waals surface area (Å²) < 4.78 is 16.1. The third kappa shape index (κ3) is 4.15. The van der Waals surface area contributed by atoms with Crippen molar-refractivity contribution >= 4 is 45.8 Å². The van der Waals surface area contributed by atoms with Crippen LogP contribution in [0.5, 0.6) is 11.5 Å². The van der Waals surface area contributed by atoms with E-state index in [9.17, 15) is 9.59 Å². The molecule has 0 bridgehead atoms. The summed E-state index contributed by atoms with van der Waals surface area (Å²) in [7, 11) is 2.89. The Morgan fingerprint density at radius 1 is 0.938 bits per heavy atom. The number of benzene rings is 3. The molecule has 0 unspecified atom stereocenters. The number of hydrogen-bond donors (Lipinski definition) is 1. The number of anilines is 1. The Kier molecular flexibility index (Phi) is 6.08. The van der Waals surface area contributed by atoms with E-state index in [-0.39, 0.29) is 16.3 Å². The number of ether oxygens (including phenoxy) is 2. The van der Waals surface area contributed by atoms with E-state index < -0.39 is 11.5 Å². The minimum Gasteiger partial charge on any atom is -0.496 e. The molecule has 0 spiro atoms. The van der Waals surface area contributed by atoms with E-state index in [1.807, 2.05) is 12.1 Å². The highest BCUT2D eigenvalue weighted by Gasteiger charge is 2.18. The highest BCUT2D eigenvalue weighted by Crippen LogP contribution is 2.35. The first-order valence-corrected chi connectivity index (χ1v) is 10.2. The molecule has 6 nitrogen and oxygen atoms in total. The summed E-state index contributed by atoms with van der Waals surface area (Å²) in [5.41, 5.74) is 1.52. The lowest BCUT2D eigenvalue weighted by Gasteiger charge is -2.14. The van der Waals surface area contributed by atoms with Gasteiger partial charge in [0.25, 0.3) is 5.91 Å². The van der Waals surface area contributed by atoms with Gasteiger partial charge in [0.05, 0.1) is 30.4 Å². The van der Waals surface area contributed by atoms with E-state index in [1.165, 1.54) is 26.4 Å². The molecule has 0 saturated heterocycles. The van der Waals surface area contributed by atoms with Gasteiger partial charge in [-0.25, -0.2) is 4.79 Å². The standard InChI is InChI=1S/C24H17Cl2NO5/c1-30-21-12-15(27-23(28)18-10-14(25)11-19(26)22(18)31-2)7-8-16(21)17-9-13-5-3-4-6-20(13)32-24(17)29/h3-12H,1-2H3,(H,27,28). The molecule has 1 heterocycles. The van der Waals surface area contributed by atoms with Crippen molar-refractivity contribution in [3.8, 4) is 22.6 Å². The van der Waals surface area contributed by atoms with E-state index in [0.717, 1.165) is 5.39 Å². The molecule has 162 valence electrons. The van der Waals surface area contributed by atoms with Crippen LogP contribution in [0.3, 0.4) is 0 Å². The first-order valence-electron chi connectivity index (χ1n) is 9.47. The Balaban J connectivity index is 1.70. The smallest absolute Gasteiger partial charge is 0.344 e. The number of rotatable bonds is 5. The summed E-state index contributed by atoms with van der Waals surface area (Å²) in [5.74, 6) is 0.138. The minimum atomic E-state index is -0.489. The summed E-state index contributed by atoms with van der Waals surface area (Å²) in [6, 6.07) is 16.9. The highest BCUT2D eigenvalue weighted by atomic mass is 35.5. The van der Waals surface area contributed by atoms with Gasteiger partial charge in [-0.2, -0.15) is 0 Å². The van der Waals surface area contributed by atoms with Crippen molar-refractivity contribution in [2.75, 3.05) is 19.5 Å². The molecule has 4 aromatic rings. The predicted molar refractivity (Wildman–Crippen MR) is 125 cm³/mol. The fourth-order valence-corrected chi connectivity index (χ4v) is 3.95. The van der Waals surface area contributed by atoms with Gasteiger partial charge < -0.3 is 19.2 Å². The van der Waals surface area contributed by atoms with E-state index >= 15 is 0 Å². The molecule has 8 heteroatoms. The van der Waals surface area contributed by atoms with Crippen molar-refractivity contribution in [3.63, 3.8) is 0 Å². The van der Waals surface area contributed by atoms with Gasteiger partial charge in [-0.05, 0) is 36.4 Å². The maximum Gasteiger partial charge on any atom is 0.344 e. The quantitative estimate of drug-likeness (QED) is 0.360. The third-order valence-corrected chi connectivity index (χ3v) is 5.35. The first kappa shape index (κ1) is 21.7. The van der Waals surface area contributed by atoms with E-state index in [2.05, 4.69) is 5.32 Å². The normalized spacial score (nSPS) is 10.8. The van der Waals surface area contributed by atoms with Crippen LogP contribution >= 0.6 is 23.2 Å². The molecule has 32 heavy (non-hydrogen) atoms. The lowest BCUT2D eigenvalue weighted by Crippen LogP contribution is -2.14. The molecular weight excluding hydrogens is 453 g/mol. The van der Waals surface area contributed by atoms with Crippen LogP contribution in [0.4, 0.5) is 5.69 Å². The second-order valence-electron chi connectivity index (χ2n) is 6.82. The summed E-state index contributed by atoms with van der Waals surface area (Å²) in [5, 5.41) is 4.08. The van der Waals surface area contributed by atoms with Gasteiger partial charge in [0.2, 0.25) is 0 Å². The summed E-state index contributed by atoms with van der Waals surface area (Å²) >= 11 is 12.2. The number of methoxy groups -OCH3 is 2. The lowest BCUT2D eigenvalue weighted by atomic mass is 10.0. The molecule has 3 aromatic carbocycles. The van der Waals surface area contributed by atoms with Crippen molar-refractivity contribution < 1.29 is 18.7 Å². The molecule has 0 atom stereocenters. The molecular formula is C24H17Cl2NO5. The molecule has 4 rings (SSSR count). The van der Waals surface area contributed by atoms with Gasteiger partial charge in [0, 0.05) is 27.7 Å². The van der Waals surface area contributed by atoms with E-state index in [4.69, 9.17) is 37.1 Å². The number of nitrogens with one attached hydrogen (secondary N) is 1. The molecule has 0 aliphatic rings. The lowest BCUT2D eigenvalue weighted by molar-refractivity contribution is 0.102. The molecule has 0 aliphatic heterocycles. The Bertz CT molecular complexity index is 1400. The monoisotopic (exact) mass is 469 g/mol. The van der Waals surface area contributed by atoms with Crippen LogP contribution in [-0.4, -0.2) is 20.1 Å². The number of fused-ring (bicyclic) bond motifs is 1. The molecule has 0 radical (unpaired) electrons. The molecule has 0 aliphatic carbocycles. The number of carbonyl (C=O) groups is 1. The average molecular weight is 470 g/mol. The number of amides is 1. The highest BCUT2D eigenvalue weighted by molar-refractivity contribution is 6.36. The van der Waals surface area contributed by atoms with Crippen LogP contribution in [0.15, 0.2) is 69.9 Å². The van der Waals surface area contributed by atoms with Crippen LogP contribution in [-0.2, 0) is 0 Å². The number of para-hydroxylation sites is 1. The van der Waals surface area contributed by atoms with Gasteiger partial charge in [0.1, 0.15) is 17.1 Å². The topological polar surface area (TPSA) is 77.8 Å². The van der Waals surface area contributed by atoms with Gasteiger partial charge in [0.15, 0.2) is 0 Å². The maximum absolute atomic E-state index is 12.8. The van der Waals surface area contributed by atoms with Crippen molar-refractivity contribution in [1.82, 2.24) is 0 Å². The Morgan fingerprint density at radius 2 is 1.72 bits per heavy atom. The summed E-state index contributed by atoms with van der Waals surface area (Å²) in [6.07, 6.45) is 0. The van der Waals surface area contributed by atoms with Gasteiger partial charge in [-0.15, -0.1) is 0 Å². The zero-order chi connectivity index (χ0) is 22.8. The largest absolute Gasteiger partial charge is 0.496 e. The molecule has 1 amide bonds. The van der Waals surface area contributed by atoms with Crippen molar-refractivity contribution in [2.24, 2.45) is 0 Å². The van der Waals surface area contributed by atoms with Crippen molar-refractivity contribution in [3.05, 3.63) is 86.7 Å². The zero-order valence-corrected chi connectivity index (χ0v) is 18.6. The zero-order valence-electron chi connectivity index (χ0n) is 17.1. The first-order chi connectivity index (χ1) is 15.4. The Morgan fingerprint density at radius 3 is 2.47 bits per heavy atom. The van der Waals surface area contributed by atoms with Gasteiger partial charge in [-0.1, -0.05) is 41.4 Å². The molecule has 1 N–H and O–H groups in total. The summed E-state index contributed by atoms with van der Waals surface area (Å²) in [4.78, 5) is 25.4. The van der Waals surface area contributed by atoms with E-state index in [0.29, 0.717) is 33.2 Å². The Hall–Kier alpha value is -3.48. The molecule has 0 saturated carbocycles. The van der Waals surface area contributed by atoms with Crippen LogP contribution < -0.4 is 20.4 Å². The van der Waals surface area contributed by atoms with Crippen molar-refractivity contribution in [1.29, 1.82) is 0 Å². The second-order valence-corrected chi connectivity index (χ2v) is 7.67. The summed E-state index contributed by atoms with van der Waals surface area (Å²) in [6.45, 7) is 0. The van der Waals surface area contributed by atoms with E-state index in [1.54, 1.807) is 36.4 Å². The number of hydrogen-bond acceptors (Lipinski definition) is 5. The van der Waals surface area contributed by atoms with Crippen LogP contribution in [0.1, 0.15) is 10.4 Å². The third-order valence-electron chi connectivity index (χ3n) is 4.85. The van der Waals surface area contributed by atoms with Crippen molar-refractivity contribution in [2.45, 2.75) is 0 Å². The maximum atomic E-state index is 12.8. The average Bonchev–Trinajstić information content (AvgIpc) is 2.78. The fraction of sp³-hybridized carbons (Fsp3) is 0.0833. The molecule has 0 fully saturated rings. The predicted octanol–water partition coefficient (Wildman–Crippen LogP) is 6.04. The van der Waals surface area contributed by atoms with Crippen LogP contribution in [0.25, 0.3) is 22.1 Å². The number of carbonyl (C=O) groups excluding carboxylic acids is 1. The molecule has 1 aromatic heterocycles. The van der Waals surface area contributed by atoms with Crippen LogP contribution in [0.2, 0.25) is 10.0 Å². The SMILES string of the molecule is COc1cc(NC(=O)c2cc(Cl)cc(Cl)c2OC)ccc1-c1cc2ccccc2oc1=O. The van der Waals surface area contributed by atoms with Gasteiger partial charge >= 0.3 is 5.63 Å². The second kappa shape index (κ2) is 8.94. The minimum absolute atomic E-state index is 0.184.